The average Bonchev–Trinajstić information content (AvgIpc) is 2.62. The van der Waals surface area contributed by atoms with E-state index in [9.17, 15) is 13.0 Å². The van der Waals surface area contributed by atoms with Crippen molar-refractivity contribution in [2.24, 2.45) is 0 Å². The van der Waals surface area contributed by atoms with E-state index in [2.05, 4.69) is 0 Å². The summed E-state index contributed by atoms with van der Waals surface area (Å²) >= 11 is 0. The lowest BCUT2D eigenvalue weighted by Gasteiger charge is -2.18. The number of halogens is 1. The number of hydrogen-bond donors (Lipinski definition) is 0. The van der Waals surface area contributed by atoms with E-state index in [1.807, 2.05) is 6.92 Å². The molecule has 0 radical (unpaired) electrons. The van der Waals surface area contributed by atoms with Gasteiger partial charge in [0.1, 0.15) is 0 Å². The first-order chi connectivity index (χ1) is 12.3. The molecule has 0 N–H and O–H groups in total. The van der Waals surface area contributed by atoms with Crippen molar-refractivity contribution in [3.05, 3.63) is 40.8 Å². The van der Waals surface area contributed by atoms with Crippen LogP contribution in [0.25, 0.3) is 0 Å². The standard InChI is InChI=1S/C18H28FO5PS/c1-4-7-8-12-15-17(18(19)25(20,23-5-2)24-6-3)26(21,22)16-13-10-9-11-14-16/h9-11,13-14H,4-8,12,15H2,1-3H3/b18-17+. The number of allylic oxidation sites excluding steroid dienone is 1. The van der Waals surface area contributed by atoms with E-state index in [1.54, 1.807) is 32.0 Å². The molecule has 0 unspecified atom stereocenters. The molecule has 5 nitrogen and oxygen atoms in total. The molecule has 148 valence electrons. The molecular weight excluding hydrogens is 378 g/mol. The van der Waals surface area contributed by atoms with Crippen LogP contribution >= 0.6 is 7.60 Å². The van der Waals surface area contributed by atoms with Crippen molar-refractivity contribution >= 4 is 17.4 Å². The summed E-state index contributed by atoms with van der Waals surface area (Å²) in [5, 5.41) is 0. The van der Waals surface area contributed by atoms with E-state index in [0.29, 0.717) is 6.42 Å². The van der Waals surface area contributed by atoms with Crippen molar-refractivity contribution in [3.63, 3.8) is 0 Å². The molecular formula is C18H28FO5PS. The van der Waals surface area contributed by atoms with Gasteiger partial charge in [-0.05, 0) is 38.8 Å². The maximum absolute atomic E-state index is 15.2. The lowest BCUT2D eigenvalue weighted by molar-refractivity contribution is 0.219. The average molecular weight is 406 g/mol. The van der Waals surface area contributed by atoms with Crippen molar-refractivity contribution in [2.75, 3.05) is 13.2 Å². The molecule has 0 heterocycles. The van der Waals surface area contributed by atoms with Gasteiger partial charge in [0.2, 0.25) is 15.4 Å². The zero-order chi connectivity index (χ0) is 19.6. The van der Waals surface area contributed by atoms with Gasteiger partial charge in [-0.25, -0.2) is 8.42 Å². The fourth-order valence-electron chi connectivity index (χ4n) is 2.45. The second-order valence-corrected chi connectivity index (χ2v) is 9.55. The Labute approximate surface area is 156 Å². The minimum atomic E-state index is -4.31. The molecule has 0 spiro atoms. The molecule has 1 aromatic rings. The molecule has 8 heteroatoms. The highest BCUT2D eigenvalue weighted by Gasteiger charge is 2.38. The Bertz CT molecular complexity index is 721. The van der Waals surface area contributed by atoms with Gasteiger partial charge >= 0.3 is 7.60 Å². The zero-order valence-electron chi connectivity index (χ0n) is 15.6. The Morgan fingerprint density at radius 3 is 2.08 bits per heavy atom. The number of rotatable bonds is 12. The summed E-state index contributed by atoms with van der Waals surface area (Å²) in [6, 6.07) is 7.57. The molecule has 0 fully saturated rings. The van der Waals surface area contributed by atoms with Crippen LogP contribution in [0.3, 0.4) is 0 Å². The van der Waals surface area contributed by atoms with Crippen molar-refractivity contribution in [1.82, 2.24) is 0 Å². The highest BCUT2D eigenvalue weighted by molar-refractivity contribution is 7.95. The Morgan fingerprint density at radius 1 is 1.00 bits per heavy atom. The largest absolute Gasteiger partial charge is 0.390 e. The molecule has 0 aliphatic carbocycles. The van der Waals surface area contributed by atoms with Crippen LogP contribution in [0.4, 0.5) is 4.39 Å². The molecule has 1 rings (SSSR count). The van der Waals surface area contributed by atoms with E-state index >= 15 is 4.39 Å². The van der Waals surface area contributed by atoms with Crippen molar-refractivity contribution in [3.8, 4) is 0 Å². The van der Waals surface area contributed by atoms with Crippen molar-refractivity contribution in [1.29, 1.82) is 0 Å². The quantitative estimate of drug-likeness (QED) is 0.322. The number of unbranched alkanes of at least 4 members (excludes halogenated alkanes) is 3. The SMILES string of the molecule is CCCCCC/C(=C(/F)P(=O)(OCC)OCC)S(=O)(=O)c1ccccc1. The van der Waals surface area contributed by atoms with Crippen LogP contribution < -0.4 is 0 Å². The third kappa shape index (κ3) is 6.02. The van der Waals surface area contributed by atoms with Gasteiger partial charge in [0.05, 0.1) is 23.0 Å². The van der Waals surface area contributed by atoms with Gasteiger partial charge in [-0.2, -0.15) is 4.39 Å². The molecule has 0 saturated heterocycles. The maximum Gasteiger partial charge on any atom is 0.390 e. The fraction of sp³-hybridized carbons (Fsp3) is 0.556. The normalized spacial score (nSPS) is 13.5. The molecule has 0 aliphatic rings. The van der Waals surface area contributed by atoms with Crippen LogP contribution in [0.1, 0.15) is 52.9 Å². The number of hydrogen-bond acceptors (Lipinski definition) is 5. The van der Waals surface area contributed by atoms with Crippen molar-refractivity contribution in [2.45, 2.75) is 57.8 Å². The highest BCUT2D eigenvalue weighted by atomic mass is 32.2. The first-order valence-corrected chi connectivity index (χ1v) is 11.9. The Hall–Kier alpha value is -1.01. The van der Waals surface area contributed by atoms with Gasteiger partial charge < -0.3 is 9.05 Å². The van der Waals surface area contributed by atoms with Gasteiger partial charge in [-0.3, -0.25) is 4.57 Å². The predicted molar refractivity (Wildman–Crippen MR) is 101 cm³/mol. The van der Waals surface area contributed by atoms with E-state index in [0.717, 1.165) is 19.3 Å². The Balaban J connectivity index is 3.41. The summed E-state index contributed by atoms with van der Waals surface area (Å²) in [4.78, 5) is -0.551. The lowest BCUT2D eigenvalue weighted by Crippen LogP contribution is -2.09. The topological polar surface area (TPSA) is 69.7 Å². The molecule has 0 atom stereocenters. The summed E-state index contributed by atoms with van der Waals surface area (Å²) in [5.74, 6) is 0. The van der Waals surface area contributed by atoms with Crippen LogP contribution in [0.2, 0.25) is 0 Å². The summed E-state index contributed by atoms with van der Waals surface area (Å²) in [6.45, 7) is 5.01. The maximum atomic E-state index is 15.2. The lowest BCUT2D eigenvalue weighted by atomic mass is 10.1. The summed E-state index contributed by atoms with van der Waals surface area (Å²) < 4.78 is 63.9. The van der Waals surface area contributed by atoms with Crippen LogP contribution in [0, 0.1) is 0 Å². The highest BCUT2D eigenvalue weighted by Crippen LogP contribution is 2.59. The van der Waals surface area contributed by atoms with Gasteiger partial charge in [0.25, 0.3) is 0 Å². The van der Waals surface area contributed by atoms with Gasteiger partial charge in [-0.1, -0.05) is 44.4 Å². The molecule has 0 aromatic heterocycles. The second-order valence-electron chi connectivity index (χ2n) is 5.67. The zero-order valence-corrected chi connectivity index (χ0v) is 17.3. The molecule has 0 saturated carbocycles. The van der Waals surface area contributed by atoms with Crippen LogP contribution in [0.5, 0.6) is 0 Å². The van der Waals surface area contributed by atoms with E-state index in [4.69, 9.17) is 9.05 Å². The van der Waals surface area contributed by atoms with Crippen LogP contribution in [-0.2, 0) is 23.4 Å². The first-order valence-electron chi connectivity index (χ1n) is 8.91. The molecule has 1 aromatic carbocycles. The van der Waals surface area contributed by atoms with Crippen LogP contribution in [-0.4, -0.2) is 21.6 Å². The predicted octanol–water partition coefficient (Wildman–Crippen LogP) is 5.84. The summed E-state index contributed by atoms with van der Waals surface area (Å²) in [7, 11) is -8.44. The molecule has 26 heavy (non-hydrogen) atoms. The van der Waals surface area contributed by atoms with Crippen molar-refractivity contribution < 1.29 is 26.4 Å². The van der Waals surface area contributed by atoms with E-state index in [-0.39, 0.29) is 24.5 Å². The van der Waals surface area contributed by atoms with E-state index in [1.165, 1.54) is 12.1 Å². The molecule has 0 bridgehead atoms. The number of sulfone groups is 1. The minimum absolute atomic E-state index is 0.0415. The first kappa shape index (κ1) is 23.0. The van der Waals surface area contributed by atoms with Gasteiger partial charge in [0, 0.05) is 0 Å². The minimum Gasteiger partial charge on any atom is -0.304 e. The molecule has 0 amide bonds. The fourth-order valence-corrected chi connectivity index (χ4v) is 5.97. The summed E-state index contributed by atoms with van der Waals surface area (Å²) in [5.41, 5.74) is -1.30. The Kier molecular flexibility index (Phi) is 9.72. The summed E-state index contributed by atoms with van der Waals surface area (Å²) in [6.07, 6.45) is 3.05. The van der Waals surface area contributed by atoms with Crippen LogP contribution in [0.15, 0.2) is 45.7 Å². The molecule has 0 aliphatic heterocycles. The number of benzene rings is 1. The Morgan fingerprint density at radius 2 is 1.58 bits per heavy atom. The van der Waals surface area contributed by atoms with Gasteiger partial charge in [0.15, 0.2) is 0 Å². The van der Waals surface area contributed by atoms with E-state index < -0.39 is 27.9 Å². The third-order valence-corrected chi connectivity index (χ3v) is 7.73. The van der Waals surface area contributed by atoms with Gasteiger partial charge in [-0.15, -0.1) is 0 Å². The smallest absolute Gasteiger partial charge is 0.304 e. The second kappa shape index (κ2) is 11.0. The monoisotopic (exact) mass is 406 g/mol. The third-order valence-electron chi connectivity index (χ3n) is 3.70.